The van der Waals surface area contributed by atoms with E-state index in [1.807, 2.05) is 6.92 Å². The van der Waals surface area contributed by atoms with Gasteiger partial charge in [0.25, 0.3) is 0 Å². The average Bonchev–Trinajstić information content (AvgIpc) is 3.09. The molecule has 4 rings (SSSR count). The van der Waals surface area contributed by atoms with E-state index in [2.05, 4.69) is 6.58 Å². The van der Waals surface area contributed by atoms with Gasteiger partial charge in [-0.15, -0.1) is 0 Å². The fraction of sp³-hybridized carbons (Fsp3) is 0.600. The summed E-state index contributed by atoms with van der Waals surface area (Å²) >= 11 is 0. The van der Waals surface area contributed by atoms with E-state index in [0.29, 0.717) is 17.6 Å². The lowest BCUT2D eigenvalue weighted by atomic mass is 9.80. The van der Waals surface area contributed by atoms with E-state index in [-0.39, 0.29) is 24.2 Å². The molecule has 0 aromatic carbocycles. The van der Waals surface area contributed by atoms with Crippen molar-refractivity contribution < 1.29 is 28.9 Å². The van der Waals surface area contributed by atoms with Gasteiger partial charge in [-0.2, -0.15) is 0 Å². The molecule has 0 bridgehead atoms. The number of epoxide rings is 1. The maximum absolute atomic E-state index is 12.4. The zero-order chi connectivity index (χ0) is 18.8. The van der Waals surface area contributed by atoms with Crippen molar-refractivity contribution in [2.24, 2.45) is 11.8 Å². The van der Waals surface area contributed by atoms with Gasteiger partial charge in [-0.25, -0.2) is 9.59 Å². The van der Waals surface area contributed by atoms with Crippen molar-refractivity contribution in [3.63, 3.8) is 0 Å². The van der Waals surface area contributed by atoms with Gasteiger partial charge in [0.05, 0.1) is 18.6 Å². The highest BCUT2D eigenvalue weighted by Crippen LogP contribution is 2.62. The molecule has 6 nitrogen and oxygen atoms in total. The molecule has 0 aromatic rings. The van der Waals surface area contributed by atoms with Gasteiger partial charge in [-0.1, -0.05) is 18.2 Å². The second-order valence-corrected chi connectivity index (χ2v) is 7.80. The third-order valence-corrected chi connectivity index (χ3v) is 6.47. The summed E-state index contributed by atoms with van der Waals surface area (Å²) in [7, 11) is 0. The summed E-state index contributed by atoms with van der Waals surface area (Å²) in [6.45, 7) is 9.28. The fourth-order valence-corrected chi connectivity index (χ4v) is 4.80. The van der Waals surface area contributed by atoms with E-state index >= 15 is 0 Å². The standard InChI is InChI=1S/C20H24O6/c1-5-9(2)18(22)24-13-6-11(8-21)12-7-14-20(4,26-14)16(12)17-15(13)10(3)19(23)25-17/h5,13-17,21H,3,6-8H2,1-2,4H3/b9-5+/t13-,14-,15-,16-,17+,20-/m1/s1. The Balaban J connectivity index is 1.75. The van der Waals surface area contributed by atoms with Gasteiger partial charge < -0.3 is 19.3 Å². The molecular formula is C20H24O6. The number of carbonyl (C=O) groups is 2. The van der Waals surface area contributed by atoms with Crippen LogP contribution < -0.4 is 0 Å². The van der Waals surface area contributed by atoms with Crippen LogP contribution in [0.15, 0.2) is 34.9 Å². The quantitative estimate of drug-likeness (QED) is 0.358. The van der Waals surface area contributed by atoms with Crippen LogP contribution in [0.2, 0.25) is 0 Å². The Bertz CT molecular complexity index is 762. The third-order valence-electron chi connectivity index (χ3n) is 6.47. The number of hydrogen-bond donors (Lipinski definition) is 1. The molecule has 3 fully saturated rings. The van der Waals surface area contributed by atoms with Crippen LogP contribution in [0.25, 0.3) is 0 Å². The Morgan fingerprint density at radius 3 is 2.85 bits per heavy atom. The molecule has 1 saturated carbocycles. The summed E-state index contributed by atoms with van der Waals surface area (Å²) in [5, 5.41) is 9.96. The summed E-state index contributed by atoms with van der Waals surface area (Å²) in [5.74, 6) is -1.43. The van der Waals surface area contributed by atoms with E-state index in [4.69, 9.17) is 14.2 Å². The van der Waals surface area contributed by atoms with Crippen molar-refractivity contribution in [1.82, 2.24) is 0 Å². The topological polar surface area (TPSA) is 85.4 Å². The van der Waals surface area contributed by atoms with Gasteiger partial charge in [-0.05, 0) is 32.8 Å². The summed E-state index contributed by atoms with van der Waals surface area (Å²) < 4.78 is 17.3. The number of esters is 2. The van der Waals surface area contributed by atoms with Gasteiger partial charge in [0.2, 0.25) is 0 Å². The number of aliphatic hydroxyl groups excluding tert-OH is 1. The molecule has 2 aliphatic carbocycles. The predicted molar refractivity (Wildman–Crippen MR) is 91.9 cm³/mol. The van der Waals surface area contributed by atoms with Crippen LogP contribution in [0.5, 0.6) is 0 Å². The Morgan fingerprint density at radius 2 is 2.19 bits per heavy atom. The minimum absolute atomic E-state index is 0.0987. The van der Waals surface area contributed by atoms with E-state index < -0.39 is 30.1 Å². The molecule has 6 heteroatoms. The smallest absolute Gasteiger partial charge is 0.334 e. The molecule has 26 heavy (non-hydrogen) atoms. The molecule has 0 aromatic heterocycles. The number of carbonyl (C=O) groups excluding carboxylic acids is 2. The number of allylic oxidation sites excluding steroid dienone is 1. The van der Waals surface area contributed by atoms with E-state index in [1.54, 1.807) is 19.9 Å². The van der Waals surface area contributed by atoms with Crippen LogP contribution in [0.3, 0.4) is 0 Å². The molecule has 140 valence electrons. The van der Waals surface area contributed by atoms with E-state index in [1.165, 1.54) is 0 Å². The van der Waals surface area contributed by atoms with Crippen molar-refractivity contribution in [3.8, 4) is 0 Å². The molecule has 2 saturated heterocycles. The minimum Gasteiger partial charge on any atom is -0.458 e. The van der Waals surface area contributed by atoms with Crippen molar-refractivity contribution in [2.75, 3.05) is 6.61 Å². The fourth-order valence-electron chi connectivity index (χ4n) is 4.80. The first-order valence-electron chi connectivity index (χ1n) is 9.05. The Kier molecular flexibility index (Phi) is 3.90. The Morgan fingerprint density at radius 1 is 1.46 bits per heavy atom. The minimum atomic E-state index is -0.595. The molecule has 1 N–H and O–H groups in total. The van der Waals surface area contributed by atoms with Gasteiger partial charge in [0.15, 0.2) is 0 Å². The van der Waals surface area contributed by atoms with Crippen molar-refractivity contribution in [2.45, 2.75) is 57.5 Å². The molecule has 2 heterocycles. The summed E-state index contributed by atoms with van der Waals surface area (Å²) in [4.78, 5) is 24.6. The van der Waals surface area contributed by atoms with Crippen LogP contribution in [0, 0.1) is 11.8 Å². The number of hydrogen-bond acceptors (Lipinski definition) is 6. The first-order valence-corrected chi connectivity index (χ1v) is 9.05. The number of fused-ring (bicyclic) bond motifs is 5. The van der Waals surface area contributed by atoms with Crippen LogP contribution in [-0.2, 0) is 23.8 Å². The average molecular weight is 360 g/mol. The first-order chi connectivity index (χ1) is 12.3. The van der Waals surface area contributed by atoms with Crippen LogP contribution >= 0.6 is 0 Å². The Labute approximate surface area is 152 Å². The van der Waals surface area contributed by atoms with E-state index in [0.717, 1.165) is 17.6 Å². The largest absolute Gasteiger partial charge is 0.458 e. The second-order valence-electron chi connectivity index (χ2n) is 7.80. The zero-order valence-electron chi connectivity index (χ0n) is 15.3. The predicted octanol–water partition coefficient (Wildman–Crippen LogP) is 1.83. The zero-order valence-corrected chi connectivity index (χ0v) is 15.3. The van der Waals surface area contributed by atoms with Gasteiger partial charge in [0, 0.05) is 23.5 Å². The molecule has 0 radical (unpaired) electrons. The number of ether oxygens (including phenoxy) is 3. The number of aliphatic hydroxyl groups is 1. The summed E-state index contributed by atoms with van der Waals surface area (Å²) in [6, 6.07) is 0. The van der Waals surface area contributed by atoms with E-state index in [9.17, 15) is 14.7 Å². The molecular weight excluding hydrogens is 336 g/mol. The van der Waals surface area contributed by atoms with Crippen molar-refractivity contribution in [1.29, 1.82) is 0 Å². The molecule has 6 atom stereocenters. The van der Waals surface area contributed by atoms with Crippen LogP contribution in [0.1, 0.15) is 33.6 Å². The lowest BCUT2D eigenvalue weighted by Gasteiger charge is -2.30. The lowest BCUT2D eigenvalue weighted by molar-refractivity contribution is -0.149. The summed E-state index contributed by atoms with van der Waals surface area (Å²) in [6.07, 6.45) is 1.81. The highest BCUT2D eigenvalue weighted by molar-refractivity contribution is 5.92. The summed E-state index contributed by atoms with van der Waals surface area (Å²) in [5.41, 5.74) is 2.39. The molecule has 0 unspecified atom stereocenters. The molecule has 4 aliphatic rings. The molecule has 2 aliphatic heterocycles. The maximum atomic E-state index is 12.4. The monoisotopic (exact) mass is 360 g/mol. The van der Waals surface area contributed by atoms with Gasteiger partial charge in [-0.3, -0.25) is 0 Å². The van der Waals surface area contributed by atoms with Crippen LogP contribution in [0.4, 0.5) is 0 Å². The first kappa shape index (κ1) is 17.5. The highest BCUT2D eigenvalue weighted by atomic mass is 16.6. The maximum Gasteiger partial charge on any atom is 0.334 e. The van der Waals surface area contributed by atoms with Crippen molar-refractivity contribution >= 4 is 11.9 Å². The highest BCUT2D eigenvalue weighted by Gasteiger charge is 2.70. The molecule has 0 amide bonds. The van der Waals surface area contributed by atoms with Gasteiger partial charge in [0.1, 0.15) is 17.8 Å². The SMILES string of the molecule is C=C1C(=O)O[C@H]2[C@H]1[C@H](OC(=O)/C(C)=C/C)CC(CO)=C1C[C@H]3O[C@@]3(C)[C@H]12. The van der Waals surface area contributed by atoms with Crippen LogP contribution in [-0.4, -0.2) is 47.6 Å². The third kappa shape index (κ3) is 2.32. The second kappa shape index (κ2) is 5.79. The van der Waals surface area contributed by atoms with Gasteiger partial charge >= 0.3 is 11.9 Å². The normalized spacial score (nSPS) is 41.2. The molecule has 0 spiro atoms. The van der Waals surface area contributed by atoms with Crippen molar-refractivity contribution in [3.05, 3.63) is 34.9 Å². The number of rotatable bonds is 3. The lowest BCUT2D eigenvalue weighted by Crippen LogP contribution is -2.40. The Hall–Kier alpha value is -1.92.